The Labute approximate surface area is 142 Å². The van der Waals surface area contributed by atoms with Crippen LogP contribution in [0.4, 0.5) is 13.2 Å². The highest BCUT2D eigenvalue weighted by Crippen LogP contribution is 2.33. The number of halogens is 3. The van der Waals surface area contributed by atoms with E-state index in [4.69, 9.17) is 0 Å². The number of piperidine rings is 1. The number of nitrogens with zero attached hydrogens (tertiary/aromatic N) is 1. The minimum absolute atomic E-state index is 0.117. The Morgan fingerprint density at radius 1 is 1.20 bits per heavy atom. The third-order valence-corrected chi connectivity index (χ3v) is 4.61. The largest absolute Gasteiger partial charge is 0.418 e. The SMILES string of the molecule is CC1CC(C)CN(C(=O)c2c[nH]c3c(C(F)(F)F)cccc3c2=O)C1. The summed E-state index contributed by atoms with van der Waals surface area (Å²) in [6.45, 7) is 5.17. The number of pyridine rings is 1. The first-order chi connectivity index (χ1) is 11.7. The molecule has 134 valence electrons. The van der Waals surface area contributed by atoms with Gasteiger partial charge in [-0.25, -0.2) is 0 Å². The van der Waals surface area contributed by atoms with Gasteiger partial charge in [0.15, 0.2) is 0 Å². The van der Waals surface area contributed by atoms with E-state index in [2.05, 4.69) is 4.98 Å². The molecule has 2 heterocycles. The lowest BCUT2D eigenvalue weighted by Gasteiger charge is -2.34. The number of aromatic amines is 1. The van der Waals surface area contributed by atoms with E-state index in [-0.39, 0.29) is 16.5 Å². The standard InChI is InChI=1S/C18H19F3N2O2/c1-10-6-11(2)9-23(8-10)17(25)13-7-22-15-12(16(13)24)4-3-5-14(15)18(19,20)21/h3-5,7,10-11H,6,8-9H2,1-2H3,(H,22,24). The number of likely N-dealkylation sites (tertiary alicyclic amines) is 1. The number of hydrogen-bond donors (Lipinski definition) is 1. The predicted molar refractivity (Wildman–Crippen MR) is 88.4 cm³/mol. The molecule has 2 atom stereocenters. The highest BCUT2D eigenvalue weighted by atomic mass is 19.4. The summed E-state index contributed by atoms with van der Waals surface area (Å²) < 4.78 is 39.3. The summed E-state index contributed by atoms with van der Waals surface area (Å²) in [4.78, 5) is 29.5. The number of amides is 1. The summed E-state index contributed by atoms with van der Waals surface area (Å²) in [5, 5.41) is -0.126. The fourth-order valence-corrected chi connectivity index (χ4v) is 3.65. The lowest BCUT2D eigenvalue weighted by molar-refractivity contribution is -0.136. The van der Waals surface area contributed by atoms with Gasteiger partial charge in [0.1, 0.15) is 5.56 Å². The summed E-state index contributed by atoms with van der Waals surface area (Å²) in [7, 11) is 0. The zero-order valence-electron chi connectivity index (χ0n) is 14.0. The van der Waals surface area contributed by atoms with Gasteiger partial charge in [-0.3, -0.25) is 9.59 Å². The number of H-pyrrole nitrogens is 1. The van der Waals surface area contributed by atoms with Crippen molar-refractivity contribution in [3.8, 4) is 0 Å². The van der Waals surface area contributed by atoms with Crippen molar-refractivity contribution in [1.29, 1.82) is 0 Å². The quantitative estimate of drug-likeness (QED) is 0.851. The highest BCUT2D eigenvalue weighted by Gasteiger charge is 2.34. The number of nitrogens with one attached hydrogen (secondary N) is 1. The fraction of sp³-hybridized carbons (Fsp3) is 0.444. The number of rotatable bonds is 1. The Balaban J connectivity index is 2.05. The molecule has 0 spiro atoms. The summed E-state index contributed by atoms with van der Waals surface area (Å²) in [5.74, 6) is 0.215. The van der Waals surface area contributed by atoms with Gasteiger partial charge in [-0.2, -0.15) is 13.2 Å². The lowest BCUT2D eigenvalue weighted by Crippen LogP contribution is -2.44. The molecule has 0 radical (unpaired) electrons. The Morgan fingerprint density at radius 3 is 2.44 bits per heavy atom. The third kappa shape index (κ3) is 3.27. The van der Waals surface area contributed by atoms with E-state index in [1.165, 1.54) is 12.1 Å². The molecular weight excluding hydrogens is 333 g/mol. The van der Waals surface area contributed by atoms with Crippen molar-refractivity contribution in [3.63, 3.8) is 0 Å². The van der Waals surface area contributed by atoms with E-state index < -0.39 is 23.1 Å². The molecule has 3 rings (SSSR count). The molecule has 1 aliphatic heterocycles. The topological polar surface area (TPSA) is 53.2 Å². The Bertz CT molecular complexity index is 863. The summed E-state index contributed by atoms with van der Waals surface area (Å²) in [6, 6.07) is 3.40. The van der Waals surface area contributed by atoms with Gasteiger partial charge in [0, 0.05) is 24.7 Å². The average Bonchev–Trinajstić information content (AvgIpc) is 2.52. The molecule has 0 bridgehead atoms. The normalized spacial score (nSPS) is 21.6. The summed E-state index contributed by atoms with van der Waals surface area (Å²) in [6.07, 6.45) is -2.47. The number of carbonyl (C=O) groups is 1. The molecule has 1 saturated heterocycles. The molecule has 1 amide bonds. The first-order valence-corrected chi connectivity index (χ1v) is 8.19. The molecule has 1 aliphatic rings. The maximum Gasteiger partial charge on any atom is 0.418 e. The summed E-state index contributed by atoms with van der Waals surface area (Å²) >= 11 is 0. The molecule has 1 aromatic heterocycles. The van der Waals surface area contributed by atoms with Crippen LogP contribution in [0.3, 0.4) is 0 Å². The average molecular weight is 352 g/mol. The van der Waals surface area contributed by atoms with Crippen LogP contribution >= 0.6 is 0 Å². The van der Waals surface area contributed by atoms with Crippen molar-refractivity contribution < 1.29 is 18.0 Å². The Hall–Kier alpha value is -2.31. The van der Waals surface area contributed by atoms with Crippen LogP contribution in [-0.4, -0.2) is 28.9 Å². The van der Waals surface area contributed by atoms with E-state index in [0.29, 0.717) is 24.9 Å². The van der Waals surface area contributed by atoms with E-state index in [9.17, 15) is 22.8 Å². The van der Waals surface area contributed by atoms with Gasteiger partial charge < -0.3 is 9.88 Å². The van der Waals surface area contributed by atoms with Crippen LogP contribution in [0.15, 0.2) is 29.2 Å². The van der Waals surface area contributed by atoms with Crippen molar-refractivity contribution in [3.05, 3.63) is 45.7 Å². The second-order valence-electron chi connectivity index (χ2n) is 6.91. The maximum absolute atomic E-state index is 13.1. The molecule has 1 fully saturated rings. The zero-order valence-corrected chi connectivity index (χ0v) is 14.0. The van der Waals surface area contributed by atoms with Crippen LogP contribution < -0.4 is 5.43 Å². The Kier molecular flexibility index (Phi) is 4.34. The van der Waals surface area contributed by atoms with Crippen LogP contribution in [0.5, 0.6) is 0 Å². The predicted octanol–water partition coefficient (Wildman–Crippen LogP) is 3.67. The van der Waals surface area contributed by atoms with E-state index in [0.717, 1.165) is 18.7 Å². The number of aromatic nitrogens is 1. The van der Waals surface area contributed by atoms with Gasteiger partial charge in [0.2, 0.25) is 5.43 Å². The highest BCUT2D eigenvalue weighted by molar-refractivity contribution is 5.97. The Morgan fingerprint density at radius 2 is 1.84 bits per heavy atom. The smallest absolute Gasteiger partial charge is 0.360 e. The second kappa shape index (κ2) is 6.20. The van der Waals surface area contributed by atoms with Crippen molar-refractivity contribution in [2.24, 2.45) is 11.8 Å². The monoisotopic (exact) mass is 352 g/mol. The molecule has 1 aromatic carbocycles. The number of fused-ring (bicyclic) bond motifs is 1. The lowest BCUT2D eigenvalue weighted by atomic mass is 9.91. The zero-order chi connectivity index (χ0) is 18.4. The van der Waals surface area contributed by atoms with Gasteiger partial charge >= 0.3 is 6.18 Å². The minimum atomic E-state index is -4.58. The van der Waals surface area contributed by atoms with E-state index in [1.54, 1.807) is 4.90 Å². The van der Waals surface area contributed by atoms with Gasteiger partial charge in [0.05, 0.1) is 11.1 Å². The first kappa shape index (κ1) is 17.5. The van der Waals surface area contributed by atoms with Gasteiger partial charge in [-0.15, -0.1) is 0 Å². The molecule has 4 nitrogen and oxygen atoms in total. The third-order valence-electron chi connectivity index (χ3n) is 4.61. The van der Waals surface area contributed by atoms with Gasteiger partial charge in [0.25, 0.3) is 5.91 Å². The van der Waals surface area contributed by atoms with Gasteiger partial charge in [-0.1, -0.05) is 19.9 Å². The number of hydrogen-bond acceptors (Lipinski definition) is 2. The molecule has 2 aromatic rings. The first-order valence-electron chi connectivity index (χ1n) is 8.19. The maximum atomic E-state index is 13.1. The van der Waals surface area contributed by atoms with Crippen LogP contribution in [0.2, 0.25) is 0 Å². The number of alkyl halides is 3. The van der Waals surface area contributed by atoms with Crippen LogP contribution in [-0.2, 0) is 6.18 Å². The molecular formula is C18H19F3N2O2. The van der Waals surface area contributed by atoms with Crippen molar-refractivity contribution in [1.82, 2.24) is 9.88 Å². The molecule has 0 aliphatic carbocycles. The number of benzene rings is 1. The van der Waals surface area contributed by atoms with Crippen molar-refractivity contribution in [2.45, 2.75) is 26.4 Å². The number of carbonyl (C=O) groups excluding carboxylic acids is 1. The van der Waals surface area contributed by atoms with E-state index in [1.807, 2.05) is 13.8 Å². The minimum Gasteiger partial charge on any atom is -0.360 e. The molecule has 1 N–H and O–H groups in total. The fourth-order valence-electron chi connectivity index (χ4n) is 3.65. The number of para-hydroxylation sites is 1. The van der Waals surface area contributed by atoms with Crippen molar-refractivity contribution >= 4 is 16.8 Å². The molecule has 7 heteroatoms. The molecule has 0 saturated carbocycles. The van der Waals surface area contributed by atoms with Crippen LogP contribution in [0.25, 0.3) is 10.9 Å². The van der Waals surface area contributed by atoms with Gasteiger partial charge in [-0.05, 0) is 30.4 Å². The van der Waals surface area contributed by atoms with Crippen LogP contribution in [0.1, 0.15) is 36.2 Å². The van der Waals surface area contributed by atoms with Crippen LogP contribution in [0, 0.1) is 11.8 Å². The second-order valence-corrected chi connectivity index (χ2v) is 6.91. The summed E-state index contributed by atoms with van der Waals surface area (Å²) in [5.41, 5.74) is -2.00. The molecule has 25 heavy (non-hydrogen) atoms. The van der Waals surface area contributed by atoms with Crippen molar-refractivity contribution in [2.75, 3.05) is 13.1 Å². The van der Waals surface area contributed by atoms with E-state index >= 15 is 0 Å². The molecule has 2 unspecified atom stereocenters.